The molecule has 2 N–H and O–H groups in total. The first-order valence-electron chi connectivity index (χ1n) is 7.97. The Morgan fingerprint density at radius 2 is 2.08 bits per heavy atom. The Hall–Kier alpha value is -2.83. The fraction of sp³-hybridized carbons (Fsp3) is 0.353. The number of benzene rings is 1. The van der Waals surface area contributed by atoms with Gasteiger partial charge in [0.2, 0.25) is 0 Å². The van der Waals surface area contributed by atoms with E-state index in [4.69, 9.17) is 4.74 Å². The van der Waals surface area contributed by atoms with Crippen LogP contribution in [0.1, 0.15) is 32.6 Å². The molecule has 2 heterocycles. The number of imidazole rings is 1. The van der Waals surface area contributed by atoms with Gasteiger partial charge in [0, 0.05) is 12.2 Å². The third-order valence-corrected chi connectivity index (χ3v) is 4.02. The number of hydrogen-bond acceptors (Lipinski definition) is 4. The highest BCUT2D eigenvalue weighted by atomic mass is 16.5. The van der Waals surface area contributed by atoms with Gasteiger partial charge in [-0.05, 0) is 32.9 Å². The number of hydrogen-bond donors (Lipinski definition) is 2. The molecule has 0 bridgehead atoms. The van der Waals surface area contributed by atoms with Gasteiger partial charge in [-0.25, -0.2) is 14.6 Å². The molecule has 1 aromatic heterocycles. The van der Waals surface area contributed by atoms with Crippen molar-refractivity contribution in [3.8, 4) is 0 Å². The number of amides is 2. The van der Waals surface area contributed by atoms with E-state index in [1.54, 1.807) is 13.8 Å². The molecule has 0 unspecified atom stereocenters. The number of aromatic nitrogens is 2. The topological polar surface area (TPSA) is 85.2 Å². The van der Waals surface area contributed by atoms with Crippen molar-refractivity contribution in [2.45, 2.75) is 33.4 Å². The highest BCUT2D eigenvalue weighted by molar-refractivity contribution is 5.95. The molecule has 0 fully saturated rings. The molecule has 126 valence electrons. The molecule has 0 spiro atoms. The Morgan fingerprint density at radius 1 is 1.33 bits per heavy atom. The Balaban J connectivity index is 2.16. The summed E-state index contributed by atoms with van der Waals surface area (Å²) in [5.74, 6) is 0.165. The van der Waals surface area contributed by atoms with Crippen molar-refractivity contribution in [1.82, 2.24) is 20.2 Å². The third kappa shape index (κ3) is 2.62. The number of aryl methyl sites for hydroxylation is 1. The van der Waals surface area contributed by atoms with Crippen LogP contribution in [0.3, 0.4) is 0 Å². The first-order valence-corrected chi connectivity index (χ1v) is 7.97. The highest BCUT2D eigenvalue weighted by Crippen LogP contribution is 2.29. The van der Waals surface area contributed by atoms with Gasteiger partial charge in [0.05, 0.1) is 23.2 Å². The minimum atomic E-state index is -0.648. The smallest absolute Gasteiger partial charge is 0.338 e. The number of carbonyl (C=O) groups excluding carboxylic acids is 2. The van der Waals surface area contributed by atoms with Gasteiger partial charge < -0.3 is 19.9 Å². The molecule has 1 aromatic carbocycles. The maximum absolute atomic E-state index is 12.4. The number of fused-ring (bicyclic) bond motifs is 1. The van der Waals surface area contributed by atoms with Gasteiger partial charge in [0.25, 0.3) is 0 Å². The SMILES string of the molecule is CCOC(=O)C1=C(C)NC(=O)N[C@H]1c1nc2ccccc2n1CC. The van der Waals surface area contributed by atoms with E-state index in [0.29, 0.717) is 23.6 Å². The van der Waals surface area contributed by atoms with Gasteiger partial charge >= 0.3 is 12.0 Å². The van der Waals surface area contributed by atoms with E-state index in [1.807, 2.05) is 35.8 Å². The number of ether oxygens (including phenoxy) is 1. The van der Waals surface area contributed by atoms with E-state index in [9.17, 15) is 9.59 Å². The lowest BCUT2D eigenvalue weighted by atomic mass is 10.0. The monoisotopic (exact) mass is 328 g/mol. The zero-order valence-electron chi connectivity index (χ0n) is 13.9. The molecule has 1 aliphatic heterocycles. The molecule has 0 radical (unpaired) electrons. The normalized spacial score (nSPS) is 17.6. The number of rotatable bonds is 4. The van der Waals surface area contributed by atoms with E-state index in [-0.39, 0.29) is 12.6 Å². The quantitative estimate of drug-likeness (QED) is 0.843. The molecule has 2 aromatic rings. The molecule has 3 rings (SSSR count). The number of allylic oxidation sites excluding steroid dienone is 1. The van der Waals surface area contributed by atoms with Crippen LogP contribution in [0.15, 0.2) is 35.5 Å². The van der Waals surface area contributed by atoms with E-state index >= 15 is 0 Å². The maximum atomic E-state index is 12.4. The van der Waals surface area contributed by atoms with Crippen LogP contribution in [0.4, 0.5) is 4.79 Å². The summed E-state index contributed by atoms with van der Waals surface area (Å²) in [6.07, 6.45) is 0. The van der Waals surface area contributed by atoms with Gasteiger partial charge in [-0.3, -0.25) is 0 Å². The lowest BCUT2D eigenvalue weighted by molar-refractivity contribution is -0.139. The van der Waals surface area contributed by atoms with E-state index in [0.717, 1.165) is 11.0 Å². The molecule has 1 atom stereocenters. The van der Waals surface area contributed by atoms with Crippen molar-refractivity contribution in [3.63, 3.8) is 0 Å². The van der Waals surface area contributed by atoms with Gasteiger partial charge in [-0.2, -0.15) is 0 Å². The van der Waals surface area contributed by atoms with E-state index in [2.05, 4.69) is 15.6 Å². The van der Waals surface area contributed by atoms with Gasteiger partial charge in [-0.1, -0.05) is 12.1 Å². The van der Waals surface area contributed by atoms with Crippen molar-refractivity contribution in [2.75, 3.05) is 6.61 Å². The van der Waals surface area contributed by atoms with Crippen LogP contribution in [-0.4, -0.2) is 28.2 Å². The summed E-state index contributed by atoms with van der Waals surface area (Å²) in [5.41, 5.74) is 2.64. The molecule has 0 saturated heterocycles. The molecule has 0 aliphatic carbocycles. The van der Waals surface area contributed by atoms with Crippen LogP contribution < -0.4 is 10.6 Å². The summed E-state index contributed by atoms with van der Waals surface area (Å²) in [4.78, 5) is 29.0. The Kier molecular flexibility index (Phi) is 4.24. The van der Waals surface area contributed by atoms with Gasteiger partial charge in [0.1, 0.15) is 11.9 Å². The zero-order valence-corrected chi connectivity index (χ0v) is 13.9. The van der Waals surface area contributed by atoms with Crippen molar-refractivity contribution in [2.24, 2.45) is 0 Å². The van der Waals surface area contributed by atoms with E-state index in [1.165, 1.54) is 0 Å². The first kappa shape index (κ1) is 16.0. The van der Waals surface area contributed by atoms with Crippen molar-refractivity contribution >= 4 is 23.0 Å². The van der Waals surface area contributed by atoms with Crippen LogP contribution in [0, 0.1) is 0 Å². The number of urea groups is 1. The lowest BCUT2D eigenvalue weighted by Gasteiger charge is -2.27. The molecule has 24 heavy (non-hydrogen) atoms. The van der Waals surface area contributed by atoms with Crippen LogP contribution >= 0.6 is 0 Å². The Bertz CT molecular complexity index is 837. The van der Waals surface area contributed by atoms with Crippen molar-refractivity contribution < 1.29 is 14.3 Å². The largest absolute Gasteiger partial charge is 0.463 e. The second-order valence-electron chi connectivity index (χ2n) is 5.49. The molecule has 2 amide bonds. The fourth-order valence-corrected chi connectivity index (χ4v) is 3.01. The lowest BCUT2D eigenvalue weighted by Crippen LogP contribution is -2.46. The number of esters is 1. The van der Waals surface area contributed by atoms with Crippen LogP contribution in [0.2, 0.25) is 0 Å². The second-order valence-corrected chi connectivity index (χ2v) is 5.49. The second kappa shape index (κ2) is 6.35. The number of nitrogens with zero attached hydrogens (tertiary/aromatic N) is 2. The predicted molar refractivity (Wildman–Crippen MR) is 89.1 cm³/mol. The standard InChI is InChI=1S/C17H20N4O3/c1-4-21-12-9-7-6-8-11(12)19-15(21)14-13(16(22)24-5-2)10(3)18-17(23)20-14/h6-9,14H,4-5H2,1-3H3,(H2,18,20,23)/t14-/m1/s1. The summed E-state index contributed by atoms with van der Waals surface area (Å²) >= 11 is 0. The molecule has 7 heteroatoms. The Labute approximate surface area is 139 Å². The van der Waals surface area contributed by atoms with Crippen molar-refractivity contribution in [1.29, 1.82) is 0 Å². The fourth-order valence-electron chi connectivity index (χ4n) is 3.01. The highest BCUT2D eigenvalue weighted by Gasteiger charge is 2.35. The van der Waals surface area contributed by atoms with Crippen molar-refractivity contribution in [3.05, 3.63) is 41.4 Å². The number of para-hydroxylation sites is 2. The minimum absolute atomic E-state index is 0.264. The average molecular weight is 328 g/mol. The third-order valence-electron chi connectivity index (χ3n) is 4.02. The molecule has 1 aliphatic rings. The van der Waals surface area contributed by atoms with E-state index < -0.39 is 12.0 Å². The molecule has 0 saturated carbocycles. The zero-order chi connectivity index (χ0) is 17.3. The van der Waals surface area contributed by atoms with Crippen LogP contribution in [0.5, 0.6) is 0 Å². The van der Waals surface area contributed by atoms with Crippen LogP contribution in [0.25, 0.3) is 11.0 Å². The van der Waals surface area contributed by atoms with Gasteiger partial charge in [-0.15, -0.1) is 0 Å². The number of nitrogens with one attached hydrogen (secondary N) is 2. The molecular weight excluding hydrogens is 308 g/mol. The Morgan fingerprint density at radius 3 is 2.79 bits per heavy atom. The average Bonchev–Trinajstić information content (AvgIpc) is 2.92. The first-order chi connectivity index (χ1) is 11.6. The molecular formula is C17H20N4O3. The summed E-state index contributed by atoms with van der Waals surface area (Å²) in [7, 11) is 0. The maximum Gasteiger partial charge on any atom is 0.338 e. The van der Waals surface area contributed by atoms with Gasteiger partial charge in [0.15, 0.2) is 0 Å². The number of carbonyl (C=O) groups is 2. The summed E-state index contributed by atoms with van der Waals surface area (Å²) in [6.45, 7) is 6.38. The minimum Gasteiger partial charge on any atom is -0.463 e. The van der Waals surface area contributed by atoms with Crippen LogP contribution in [-0.2, 0) is 16.1 Å². The summed E-state index contributed by atoms with van der Waals surface area (Å²) < 4.78 is 7.16. The summed E-state index contributed by atoms with van der Waals surface area (Å²) in [5, 5.41) is 5.43. The predicted octanol–water partition coefficient (Wildman–Crippen LogP) is 2.25. The summed E-state index contributed by atoms with van der Waals surface area (Å²) in [6, 6.07) is 6.72. The molecule has 7 nitrogen and oxygen atoms in total.